The van der Waals surface area contributed by atoms with Gasteiger partial charge < -0.3 is 0 Å². The van der Waals surface area contributed by atoms with Crippen molar-refractivity contribution >= 4 is 0 Å². The molecule has 0 aromatic carbocycles. The van der Waals surface area contributed by atoms with Gasteiger partial charge in [-0.1, -0.05) is 0 Å². The molecule has 1 unspecified atom stereocenters. The molecule has 0 aromatic rings. The summed E-state index contributed by atoms with van der Waals surface area (Å²) in [5, 5.41) is 0. The molecule has 1 heterocycles. The van der Waals surface area contributed by atoms with E-state index >= 15 is 0 Å². The summed E-state index contributed by atoms with van der Waals surface area (Å²) >= 11 is 0. The highest BCUT2D eigenvalue weighted by Crippen LogP contribution is 2.33. The van der Waals surface area contributed by atoms with Crippen LogP contribution in [0.25, 0.3) is 0 Å². The zero-order chi connectivity index (χ0) is 6.36. The minimum Gasteiger partial charge on any atom is -0.298 e. The van der Waals surface area contributed by atoms with Crippen LogP contribution in [0.2, 0.25) is 0 Å². The number of likely N-dealkylation sites (tertiary alicyclic amines) is 1. The van der Waals surface area contributed by atoms with E-state index in [0.717, 1.165) is 6.04 Å². The summed E-state index contributed by atoms with van der Waals surface area (Å²) in [7, 11) is 2.19. The minimum absolute atomic E-state index is 0.486. The average molecular weight is 113 g/mol. The van der Waals surface area contributed by atoms with Crippen molar-refractivity contribution in [2.75, 3.05) is 7.05 Å². The van der Waals surface area contributed by atoms with Gasteiger partial charge in [0.1, 0.15) is 0 Å². The van der Waals surface area contributed by atoms with E-state index < -0.39 is 0 Å². The number of rotatable bonds is 0. The summed E-state index contributed by atoms with van der Waals surface area (Å²) in [6, 6.07) is 0.810. The normalized spacial score (nSPS) is 36.8. The molecule has 0 N–H and O–H groups in total. The first-order valence-corrected chi connectivity index (χ1v) is 3.27. The Morgan fingerprint density at radius 1 is 1.50 bits per heavy atom. The average Bonchev–Trinajstić information content (AvgIpc) is 1.65. The predicted molar refractivity (Wildman–Crippen MR) is 35.9 cm³/mol. The lowest BCUT2D eigenvalue weighted by atomic mass is 9.83. The molecular formula is C7H15N. The number of hydrogen-bond acceptors (Lipinski definition) is 1. The van der Waals surface area contributed by atoms with Gasteiger partial charge in [0.25, 0.3) is 0 Å². The van der Waals surface area contributed by atoms with E-state index in [4.69, 9.17) is 0 Å². The topological polar surface area (TPSA) is 3.24 Å². The van der Waals surface area contributed by atoms with E-state index in [2.05, 4.69) is 32.7 Å². The molecular weight excluding hydrogens is 98.1 g/mol. The largest absolute Gasteiger partial charge is 0.298 e. The van der Waals surface area contributed by atoms with Crippen LogP contribution in [0.15, 0.2) is 0 Å². The van der Waals surface area contributed by atoms with Gasteiger partial charge in [-0.25, -0.2) is 0 Å². The molecule has 0 aromatic heterocycles. The van der Waals surface area contributed by atoms with Crippen LogP contribution in [0.3, 0.4) is 0 Å². The summed E-state index contributed by atoms with van der Waals surface area (Å²) in [5.74, 6) is 0. The van der Waals surface area contributed by atoms with E-state index in [1.165, 1.54) is 6.42 Å². The van der Waals surface area contributed by atoms with Gasteiger partial charge in [-0.3, -0.25) is 4.90 Å². The third kappa shape index (κ3) is 0.655. The predicted octanol–water partition coefficient (Wildman–Crippen LogP) is 1.49. The molecule has 0 aliphatic carbocycles. The highest BCUT2D eigenvalue weighted by atomic mass is 15.2. The fraction of sp³-hybridized carbons (Fsp3) is 1.00. The van der Waals surface area contributed by atoms with Crippen LogP contribution in [0.1, 0.15) is 27.2 Å². The van der Waals surface area contributed by atoms with Crippen molar-refractivity contribution in [3.05, 3.63) is 0 Å². The Kier molecular flexibility index (Phi) is 1.12. The summed E-state index contributed by atoms with van der Waals surface area (Å²) in [6.07, 6.45) is 1.35. The molecule has 0 radical (unpaired) electrons. The smallest absolute Gasteiger partial charge is 0.0167 e. The Morgan fingerprint density at radius 3 is 2.00 bits per heavy atom. The second-order valence-corrected chi connectivity index (χ2v) is 3.48. The van der Waals surface area contributed by atoms with E-state index in [9.17, 15) is 0 Å². The first-order chi connectivity index (χ1) is 3.54. The summed E-state index contributed by atoms with van der Waals surface area (Å²) in [4.78, 5) is 2.41. The lowest BCUT2D eigenvalue weighted by molar-refractivity contribution is -0.0143. The zero-order valence-electron chi connectivity index (χ0n) is 6.23. The molecule has 1 atom stereocenters. The molecule has 1 saturated heterocycles. The Bertz CT molecular complexity index is 96.6. The van der Waals surface area contributed by atoms with Crippen molar-refractivity contribution in [1.29, 1.82) is 0 Å². The summed E-state index contributed by atoms with van der Waals surface area (Å²) < 4.78 is 0. The molecule has 0 amide bonds. The zero-order valence-corrected chi connectivity index (χ0v) is 6.23. The van der Waals surface area contributed by atoms with E-state index in [0.29, 0.717) is 5.54 Å². The van der Waals surface area contributed by atoms with Gasteiger partial charge >= 0.3 is 0 Å². The number of hydrogen-bond donors (Lipinski definition) is 0. The highest BCUT2D eigenvalue weighted by molar-refractivity contribution is 4.95. The molecule has 0 spiro atoms. The van der Waals surface area contributed by atoms with Crippen molar-refractivity contribution < 1.29 is 0 Å². The van der Waals surface area contributed by atoms with Crippen LogP contribution < -0.4 is 0 Å². The van der Waals surface area contributed by atoms with E-state index in [1.54, 1.807) is 0 Å². The summed E-state index contributed by atoms with van der Waals surface area (Å²) in [6.45, 7) is 6.84. The van der Waals surface area contributed by atoms with Crippen LogP contribution in [-0.4, -0.2) is 23.5 Å². The van der Waals surface area contributed by atoms with Crippen molar-refractivity contribution in [1.82, 2.24) is 4.90 Å². The number of nitrogens with zero attached hydrogens (tertiary/aromatic N) is 1. The van der Waals surface area contributed by atoms with Gasteiger partial charge in [0, 0.05) is 11.6 Å². The van der Waals surface area contributed by atoms with Crippen molar-refractivity contribution in [2.45, 2.75) is 38.8 Å². The van der Waals surface area contributed by atoms with Crippen molar-refractivity contribution in [3.63, 3.8) is 0 Å². The monoisotopic (exact) mass is 113 g/mol. The maximum Gasteiger partial charge on any atom is 0.0167 e. The lowest BCUT2D eigenvalue weighted by Gasteiger charge is -2.51. The first kappa shape index (κ1) is 6.09. The molecule has 1 heteroatoms. The van der Waals surface area contributed by atoms with E-state index in [1.807, 2.05) is 0 Å². The summed E-state index contributed by atoms with van der Waals surface area (Å²) in [5.41, 5.74) is 0.486. The van der Waals surface area contributed by atoms with Crippen LogP contribution in [0.4, 0.5) is 0 Å². The molecule has 8 heavy (non-hydrogen) atoms. The second kappa shape index (κ2) is 1.47. The first-order valence-electron chi connectivity index (χ1n) is 3.27. The van der Waals surface area contributed by atoms with Gasteiger partial charge in [-0.2, -0.15) is 0 Å². The van der Waals surface area contributed by atoms with Crippen LogP contribution >= 0.6 is 0 Å². The Labute approximate surface area is 51.7 Å². The van der Waals surface area contributed by atoms with Gasteiger partial charge in [0.2, 0.25) is 0 Å². The Hall–Kier alpha value is -0.0400. The van der Waals surface area contributed by atoms with Gasteiger partial charge in [-0.15, -0.1) is 0 Å². The molecule has 1 aliphatic heterocycles. The standard InChI is InChI=1S/C7H15N/c1-6-5-7(2,3)8(6)4/h6H,5H2,1-4H3. The van der Waals surface area contributed by atoms with Gasteiger partial charge in [-0.05, 0) is 34.2 Å². The van der Waals surface area contributed by atoms with Gasteiger partial charge in [0.15, 0.2) is 0 Å². The fourth-order valence-corrected chi connectivity index (χ4v) is 1.49. The van der Waals surface area contributed by atoms with Crippen LogP contribution in [0, 0.1) is 0 Å². The maximum atomic E-state index is 2.41. The minimum atomic E-state index is 0.486. The maximum absolute atomic E-state index is 2.41. The molecule has 1 fully saturated rings. The molecule has 1 rings (SSSR count). The quantitative estimate of drug-likeness (QED) is 0.460. The Morgan fingerprint density at radius 2 is 2.00 bits per heavy atom. The molecule has 1 nitrogen and oxygen atoms in total. The molecule has 0 saturated carbocycles. The second-order valence-electron chi connectivity index (χ2n) is 3.48. The van der Waals surface area contributed by atoms with E-state index in [-0.39, 0.29) is 0 Å². The molecule has 1 aliphatic rings. The van der Waals surface area contributed by atoms with Crippen LogP contribution in [0.5, 0.6) is 0 Å². The van der Waals surface area contributed by atoms with Crippen molar-refractivity contribution in [3.8, 4) is 0 Å². The fourth-order valence-electron chi connectivity index (χ4n) is 1.49. The lowest BCUT2D eigenvalue weighted by Crippen LogP contribution is -2.59. The SMILES string of the molecule is CC1CC(C)(C)N1C. The Balaban J connectivity index is 2.47. The molecule has 0 bridgehead atoms. The van der Waals surface area contributed by atoms with Gasteiger partial charge in [0.05, 0.1) is 0 Å². The van der Waals surface area contributed by atoms with Crippen molar-refractivity contribution in [2.24, 2.45) is 0 Å². The third-order valence-electron chi connectivity index (χ3n) is 2.41. The van der Waals surface area contributed by atoms with Crippen LogP contribution in [-0.2, 0) is 0 Å². The highest BCUT2D eigenvalue weighted by Gasteiger charge is 2.38. The third-order valence-corrected chi connectivity index (χ3v) is 2.41. The molecule has 48 valence electrons.